The second-order valence-electron chi connectivity index (χ2n) is 6.63. The predicted octanol–water partition coefficient (Wildman–Crippen LogP) is 5.36. The Morgan fingerprint density at radius 1 is 1.31 bits per heavy atom. The largest absolute Gasteiger partial charge is 0.316 e. The third kappa shape index (κ3) is 3.96. The number of allylic oxidation sites excluding steroid dienone is 1. The molecule has 1 aliphatic rings. The minimum atomic E-state index is -0.228. The summed E-state index contributed by atoms with van der Waals surface area (Å²) in [6, 6.07) is 3.83. The quantitative estimate of drug-likeness (QED) is 0.671. The Hall–Kier alpha value is -1.41. The third-order valence-electron chi connectivity index (χ3n) is 4.40. The minimum Gasteiger partial charge on any atom is -0.316 e. The molecule has 0 aliphatic heterocycles. The number of hydrogen-bond donors (Lipinski definition) is 2. The van der Waals surface area contributed by atoms with Crippen LogP contribution < -0.4 is 10.6 Å². The maximum atomic E-state index is 12.7. The number of thiophene rings is 1. The maximum absolute atomic E-state index is 12.7. The van der Waals surface area contributed by atoms with Crippen LogP contribution in [0.2, 0.25) is 0 Å². The van der Waals surface area contributed by atoms with Crippen molar-refractivity contribution in [1.29, 1.82) is 0 Å². The summed E-state index contributed by atoms with van der Waals surface area (Å²) in [5, 5.41) is 8.64. The molecule has 2 heterocycles. The van der Waals surface area contributed by atoms with Crippen LogP contribution in [0.5, 0.6) is 0 Å². The van der Waals surface area contributed by atoms with Crippen molar-refractivity contribution in [3.8, 4) is 10.6 Å². The molecule has 1 aliphatic carbocycles. The molecule has 0 aromatic carbocycles. The summed E-state index contributed by atoms with van der Waals surface area (Å²) in [4.78, 5) is 29.6. The number of thiazole rings is 1. The molecule has 5 nitrogen and oxygen atoms in total. The van der Waals surface area contributed by atoms with Gasteiger partial charge in [-0.05, 0) is 28.9 Å². The molecule has 9 heteroatoms. The predicted molar refractivity (Wildman–Crippen MR) is 109 cm³/mol. The second kappa shape index (κ2) is 7.31. The molecule has 2 unspecified atom stereocenters. The van der Waals surface area contributed by atoms with Gasteiger partial charge in [0.2, 0.25) is 11.8 Å². The number of hydrogen-bond acceptors (Lipinski definition) is 5. The van der Waals surface area contributed by atoms with Crippen LogP contribution in [0.25, 0.3) is 10.6 Å². The van der Waals surface area contributed by atoms with Gasteiger partial charge in [0.1, 0.15) is 15.2 Å². The molecule has 0 saturated heterocycles. The van der Waals surface area contributed by atoms with E-state index in [1.165, 1.54) is 29.6 Å². The van der Waals surface area contributed by atoms with Crippen LogP contribution in [0.4, 0.5) is 10.1 Å². The van der Waals surface area contributed by atoms with Gasteiger partial charge >= 0.3 is 0 Å². The van der Waals surface area contributed by atoms with Crippen LogP contribution in [-0.4, -0.2) is 16.8 Å². The molecule has 2 N–H and O–H groups in total. The highest BCUT2D eigenvalue weighted by Gasteiger charge is 2.60. The van der Waals surface area contributed by atoms with Crippen LogP contribution in [0.15, 0.2) is 28.1 Å². The van der Waals surface area contributed by atoms with Crippen molar-refractivity contribution in [2.45, 2.75) is 20.8 Å². The molecule has 2 aromatic heterocycles. The molecule has 26 heavy (non-hydrogen) atoms. The highest BCUT2D eigenvalue weighted by molar-refractivity contribution is 7.21. The minimum absolute atomic E-state index is 0.0148. The van der Waals surface area contributed by atoms with E-state index in [1.54, 1.807) is 6.08 Å². The third-order valence-corrected chi connectivity index (χ3v) is 6.41. The lowest BCUT2D eigenvalue weighted by molar-refractivity contribution is -0.118. The van der Waals surface area contributed by atoms with Crippen LogP contribution in [-0.2, 0) is 9.59 Å². The summed E-state index contributed by atoms with van der Waals surface area (Å²) in [7, 11) is 0. The molecule has 0 radical (unpaired) electrons. The summed E-state index contributed by atoms with van der Waals surface area (Å²) in [5.41, 5.74) is 0.443. The normalized spacial score (nSPS) is 20.3. The fraction of sp³-hybridized carbons (Fsp3) is 0.353. The zero-order valence-electron chi connectivity index (χ0n) is 14.3. The Kier molecular flexibility index (Phi) is 5.44. The molecule has 2 aromatic rings. The first-order valence-corrected chi connectivity index (χ1v) is 10.3. The number of carbonyl (C=O) groups is 2. The van der Waals surface area contributed by atoms with Crippen LogP contribution >= 0.6 is 45.9 Å². The molecule has 1 saturated carbocycles. The maximum Gasteiger partial charge on any atom is 0.230 e. The number of anilines is 2. The Labute approximate surface area is 169 Å². The monoisotopic (exact) mass is 429 g/mol. The average molecular weight is 430 g/mol. The average Bonchev–Trinajstić information content (AvgIpc) is 2.95. The second-order valence-corrected chi connectivity index (χ2v) is 9.58. The summed E-state index contributed by atoms with van der Waals surface area (Å²) in [6.07, 6.45) is 1.70. The van der Waals surface area contributed by atoms with Gasteiger partial charge in [0, 0.05) is 6.92 Å². The van der Waals surface area contributed by atoms with Crippen molar-refractivity contribution in [3.63, 3.8) is 0 Å². The molecule has 138 valence electrons. The van der Waals surface area contributed by atoms with E-state index in [9.17, 15) is 9.59 Å². The van der Waals surface area contributed by atoms with Crippen molar-refractivity contribution >= 4 is 67.8 Å². The van der Waals surface area contributed by atoms with E-state index in [0.717, 1.165) is 4.88 Å². The van der Waals surface area contributed by atoms with E-state index >= 15 is 0 Å². The van der Waals surface area contributed by atoms with E-state index in [2.05, 4.69) is 15.6 Å². The highest BCUT2D eigenvalue weighted by atomic mass is 35.5. The van der Waals surface area contributed by atoms with Gasteiger partial charge in [-0.1, -0.05) is 54.5 Å². The number of nitrogens with zero attached hydrogens (tertiary/aromatic N) is 1. The smallest absolute Gasteiger partial charge is 0.230 e. The fourth-order valence-corrected chi connectivity index (χ4v) is 4.99. The molecular formula is C17H17Cl2N3O2S2. The number of aromatic nitrogens is 1. The fourth-order valence-electron chi connectivity index (χ4n) is 3.01. The van der Waals surface area contributed by atoms with Crippen molar-refractivity contribution in [2.24, 2.45) is 17.3 Å². The number of rotatable bonds is 5. The van der Waals surface area contributed by atoms with E-state index in [1.807, 2.05) is 31.4 Å². The molecule has 3 rings (SSSR count). The van der Waals surface area contributed by atoms with Crippen LogP contribution in [0, 0.1) is 17.3 Å². The number of nitrogens with one attached hydrogen (secondary N) is 2. The number of amides is 2. The zero-order chi connectivity index (χ0) is 19.1. The van der Waals surface area contributed by atoms with Gasteiger partial charge in [-0.15, -0.1) is 11.3 Å². The van der Waals surface area contributed by atoms with E-state index in [0.29, 0.717) is 15.8 Å². The standard InChI is InChI=1S/C17H17Cl2N3O2S2/c1-8(23)20-15-13(10-5-4-6-25-10)21-16(26-15)22-14(24)12-9(7-11(18)19)17(12,2)3/h4-7,9,12H,1-3H3,(H,20,23)(H,21,22,24). The summed E-state index contributed by atoms with van der Waals surface area (Å²) in [5.74, 6) is -0.561. The lowest BCUT2D eigenvalue weighted by Crippen LogP contribution is -2.16. The first-order chi connectivity index (χ1) is 12.2. The molecule has 0 spiro atoms. The molecule has 0 bridgehead atoms. The van der Waals surface area contributed by atoms with Gasteiger partial charge in [0.05, 0.1) is 10.8 Å². The summed E-state index contributed by atoms with van der Waals surface area (Å²) < 4.78 is 0.167. The van der Waals surface area contributed by atoms with Crippen LogP contribution in [0.1, 0.15) is 20.8 Å². The first-order valence-electron chi connectivity index (χ1n) is 7.86. The molecule has 2 atom stereocenters. The molecule has 1 fully saturated rings. The van der Waals surface area contributed by atoms with Gasteiger partial charge in [-0.3, -0.25) is 9.59 Å². The number of carbonyl (C=O) groups excluding carboxylic acids is 2. The summed E-state index contributed by atoms with van der Waals surface area (Å²) >= 11 is 14.2. The van der Waals surface area contributed by atoms with Gasteiger partial charge in [-0.25, -0.2) is 4.98 Å². The van der Waals surface area contributed by atoms with Gasteiger partial charge in [-0.2, -0.15) is 0 Å². The van der Waals surface area contributed by atoms with Gasteiger partial charge in [0.15, 0.2) is 5.13 Å². The Morgan fingerprint density at radius 2 is 2.04 bits per heavy atom. The van der Waals surface area contributed by atoms with Crippen molar-refractivity contribution < 1.29 is 9.59 Å². The number of halogens is 2. The van der Waals surface area contributed by atoms with E-state index in [4.69, 9.17) is 23.2 Å². The molecular weight excluding hydrogens is 413 g/mol. The van der Waals surface area contributed by atoms with Gasteiger partial charge < -0.3 is 10.6 Å². The first kappa shape index (κ1) is 19.4. The summed E-state index contributed by atoms with van der Waals surface area (Å²) in [6.45, 7) is 5.43. The SMILES string of the molecule is CC(=O)Nc1sc(NC(=O)C2C(C=C(Cl)Cl)C2(C)C)nc1-c1cccs1. The lowest BCUT2D eigenvalue weighted by Gasteiger charge is -2.02. The van der Waals surface area contributed by atoms with Crippen LogP contribution in [0.3, 0.4) is 0 Å². The zero-order valence-corrected chi connectivity index (χ0v) is 17.4. The van der Waals surface area contributed by atoms with E-state index in [-0.39, 0.29) is 33.6 Å². The van der Waals surface area contributed by atoms with Gasteiger partial charge in [0.25, 0.3) is 0 Å². The van der Waals surface area contributed by atoms with Crippen molar-refractivity contribution in [1.82, 2.24) is 4.98 Å². The lowest BCUT2D eigenvalue weighted by atomic mass is 10.1. The van der Waals surface area contributed by atoms with E-state index < -0.39 is 0 Å². The topological polar surface area (TPSA) is 71.1 Å². The van der Waals surface area contributed by atoms with Crippen molar-refractivity contribution in [2.75, 3.05) is 10.6 Å². The van der Waals surface area contributed by atoms with Crippen molar-refractivity contribution in [3.05, 3.63) is 28.1 Å². The molecule has 2 amide bonds. The Bertz CT molecular complexity index is 871. The Morgan fingerprint density at radius 3 is 2.62 bits per heavy atom. The Balaban J connectivity index is 1.81. The highest BCUT2D eigenvalue weighted by Crippen LogP contribution is 2.60.